The fourth-order valence-corrected chi connectivity index (χ4v) is 3.81. The van der Waals surface area contributed by atoms with Crippen LogP contribution >= 0.6 is 0 Å². The zero-order valence-corrected chi connectivity index (χ0v) is 13.7. The average molecular weight is 327 g/mol. The summed E-state index contributed by atoms with van der Waals surface area (Å²) in [5.74, 6) is 0. The molecule has 3 aromatic rings. The van der Waals surface area contributed by atoms with Gasteiger partial charge in [-0.2, -0.15) is 5.10 Å². The molecule has 2 aromatic carbocycles. The van der Waals surface area contributed by atoms with E-state index in [1.807, 2.05) is 36.4 Å². The van der Waals surface area contributed by atoms with E-state index in [0.29, 0.717) is 11.3 Å². The van der Waals surface area contributed by atoms with Gasteiger partial charge in [0.05, 0.1) is 22.5 Å². The Balaban J connectivity index is 2.04. The molecule has 1 aromatic heterocycles. The van der Waals surface area contributed by atoms with Gasteiger partial charge in [-0.05, 0) is 18.6 Å². The largest absolute Gasteiger partial charge is 0.276 e. The molecule has 23 heavy (non-hydrogen) atoms. The van der Waals surface area contributed by atoms with Gasteiger partial charge < -0.3 is 0 Å². The third-order valence-electron chi connectivity index (χ3n) is 3.61. The molecule has 0 unspecified atom stereocenters. The SMILES string of the molecule is Cc1ccccc1S(=O)(=O)Nc1cnn(C)c1-c1ccccc1. The van der Waals surface area contributed by atoms with E-state index in [4.69, 9.17) is 0 Å². The first-order valence-corrected chi connectivity index (χ1v) is 8.63. The molecule has 0 saturated carbocycles. The molecule has 0 atom stereocenters. The van der Waals surface area contributed by atoms with Gasteiger partial charge in [-0.1, -0.05) is 48.5 Å². The van der Waals surface area contributed by atoms with Crippen molar-refractivity contribution in [1.82, 2.24) is 9.78 Å². The summed E-state index contributed by atoms with van der Waals surface area (Å²) in [6.45, 7) is 1.77. The second kappa shape index (κ2) is 5.89. The minimum absolute atomic E-state index is 0.267. The molecule has 0 aliphatic heterocycles. The average Bonchev–Trinajstić information content (AvgIpc) is 2.88. The Bertz CT molecular complexity index is 931. The summed E-state index contributed by atoms with van der Waals surface area (Å²) in [5, 5.41) is 4.18. The lowest BCUT2D eigenvalue weighted by Crippen LogP contribution is -2.14. The van der Waals surface area contributed by atoms with Crippen LogP contribution in [0.2, 0.25) is 0 Å². The Morgan fingerprint density at radius 2 is 1.65 bits per heavy atom. The van der Waals surface area contributed by atoms with E-state index >= 15 is 0 Å². The van der Waals surface area contributed by atoms with Crippen LogP contribution in [0.1, 0.15) is 5.56 Å². The fraction of sp³-hybridized carbons (Fsp3) is 0.118. The van der Waals surface area contributed by atoms with Crippen molar-refractivity contribution in [3.8, 4) is 11.3 Å². The fourth-order valence-electron chi connectivity index (χ4n) is 2.51. The number of rotatable bonds is 4. The smallest absolute Gasteiger partial charge is 0.262 e. The van der Waals surface area contributed by atoms with E-state index in [9.17, 15) is 8.42 Å². The van der Waals surface area contributed by atoms with Crippen LogP contribution in [0.3, 0.4) is 0 Å². The Kier molecular flexibility index (Phi) is 3.92. The first-order valence-electron chi connectivity index (χ1n) is 7.15. The lowest BCUT2D eigenvalue weighted by atomic mass is 10.1. The minimum Gasteiger partial charge on any atom is -0.276 e. The number of aryl methyl sites for hydroxylation is 2. The molecule has 0 saturated heterocycles. The van der Waals surface area contributed by atoms with Crippen molar-refractivity contribution in [2.45, 2.75) is 11.8 Å². The van der Waals surface area contributed by atoms with E-state index < -0.39 is 10.0 Å². The normalized spacial score (nSPS) is 11.4. The zero-order valence-electron chi connectivity index (χ0n) is 12.9. The topological polar surface area (TPSA) is 64.0 Å². The first-order chi connectivity index (χ1) is 11.0. The van der Waals surface area contributed by atoms with Gasteiger partial charge in [0.2, 0.25) is 0 Å². The lowest BCUT2D eigenvalue weighted by Gasteiger charge is -2.11. The van der Waals surface area contributed by atoms with E-state index in [1.54, 1.807) is 36.9 Å². The van der Waals surface area contributed by atoms with Crippen LogP contribution in [-0.4, -0.2) is 18.2 Å². The molecule has 0 bridgehead atoms. The highest BCUT2D eigenvalue weighted by Gasteiger charge is 2.20. The van der Waals surface area contributed by atoms with Gasteiger partial charge in [0.15, 0.2) is 0 Å². The maximum Gasteiger partial charge on any atom is 0.262 e. The summed E-state index contributed by atoms with van der Waals surface area (Å²) in [6, 6.07) is 16.5. The number of hydrogen-bond acceptors (Lipinski definition) is 3. The maximum atomic E-state index is 12.7. The van der Waals surface area contributed by atoms with E-state index in [-0.39, 0.29) is 4.90 Å². The van der Waals surface area contributed by atoms with Gasteiger partial charge >= 0.3 is 0 Å². The molecule has 0 spiro atoms. The number of hydrogen-bond donors (Lipinski definition) is 1. The highest BCUT2D eigenvalue weighted by molar-refractivity contribution is 7.92. The van der Waals surface area contributed by atoms with Crippen LogP contribution in [0.5, 0.6) is 0 Å². The summed E-state index contributed by atoms with van der Waals surface area (Å²) in [6.07, 6.45) is 1.53. The van der Waals surface area contributed by atoms with Crippen LogP contribution in [-0.2, 0) is 17.1 Å². The molecule has 5 nitrogen and oxygen atoms in total. The van der Waals surface area contributed by atoms with Crippen molar-refractivity contribution in [3.05, 3.63) is 66.4 Å². The molecular weight excluding hydrogens is 310 g/mol. The van der Waals surface area contributed by atoms with Crippen LogP contribution in [0.15, 0.2) is 65.7 Å². The third-order valence-corrected chi connectivity index (χ3v) is 5.14. The first kappa shape index (κ1) is 15.3. The molecule has 118 valence electrons. The van der Waals surface area contributed by atoms with E-state index in [0.717, 1.165) is 11.3 Å². The predicted molar refractivity (Wildman–Crippen MR) is 90.6 cm³/mol. The number of benzene rings is 2. The van der Waals surface area contributed by atoms with Crippen molar-refractivity contribution in [2.75, 3.05) is 4.72 Å². The van der Waals surface area contributed by atoms with Crippen LogP contribution in [0, 0.1) is 6.92 Å². The number of anilines is 1. The molecule has 0 aliphatic rings. The molecule has 0 amide bonds. The molecule has 1 heterocycles. The number of nitrogens with zero attached hydrogens (tertiary/aromatic N) is 2. The van der Waals surface area contributed by atoms with Gasteiger partial charge in [-0.15, -0.1) is 0 Å². The molecule has 0 aliphatic carbocycles. The van der Waals surface area contributed by atoms with Gasteiger partial charge in [0.1, 0.15) is 0 Å². The monoisotopic (exact) mass is 327 g/mol. The molecule has 1 N–H and O–H groups in total. The van der Waals surface area contributed by atoms with Gasteiger partial charge in [0, 0.05) is 12.6 Å². The quantitative estimate of drug-likeness (QED) is 0.800. The standard InChI is InChI=1S/C17H17N3O2S/c1-13-8-6-7-11-16(13)23(21,22)19-15-12-18-20(2)17(15)14-9-4-3-5-10-14/h3-12,19H,1-2H3. The zero-order chi connectivity index (χ0) is 16.4. The molecule has 3 rings (SSSR count). The molecule has 0 radical (unpaired) electrons. The van der Waals surface area contributed by atoms with Crippen LogP contribution in [0.4, 0.5) is 5.69 Å². The summed E-state index contributed by atoms with van der Waals surface area (Å²) >= 11 is 0. The number of aromatic nitrogens is 2. The van der Waals surface area contributed by atoms with Gasteiger partial charge in [-0.3, -0.25) is 9.40 Å². The number of nitrogens with one attached hydrogen (secondary N) is 1. The summed E-state index contributed by atoms with van der Waals surface area (Å²) in [7, 11) is -1.88. The number of sulfonamides is 1. The Labute approximate surface area is 135 Å². The van der Waals surface area contributed by atoms with Crippen LogP contribution in [0.25, 0.3) is 11.3 Å². The van der Waals surface area contributed by atoms with Gasteiger partial charge in [0.25, 0.3) is 10.0 Å². The lowest BCUT2D eigenvalue weighted by molar-refractivity contribution is 0.600. The van der Waals surface area contributed by atoms with E-state index in [1.165, 1.54) is 6.20 Å². The molecular formula is C17H17N3O2S. The Morgan fingerprint density at radius 3 is 2.35 bits per heavy atom. The van der Waals surface area contributed by atoms with Crippen LogP contribution < -0.4 is 4.72 Å². The maximum absolute atomic E-state index is 12.7. The summed E-state index contributed by atoms with van der Waals surface area (Å²) < 4.78 is 29.6. The van der Waals surface area contributed by atoms with Crippen molar-refractivity contribution in [3.63, 3.8) is 0 Å². The minimum atomic E-state index is -3.66. The highest BCUT2D eigenvalue weighted by Crippen LogP contribution is 2.29. The summed E-state index contributed by atoms with van der Waals surface area (Å²) in [4.78, 5) is 0.267. The van der Waals surface area contributed by atoms with E-state index in [2.05, 4.69) is 9.82 Å². The summed E-state index contributed by atoms with van der Waals surface area (Å²) in [5.41, 5.74) is 2.78. The Hall–Kier alpha value is -2.60. The van der Waals surface area contributed by atoms with Crippen molar-refractivity contribution >= 4 is 15.7 Å². The third kappa shape index (κ3) is 2.98. The van der Waals surface area contributed by atoms with Crippen molar-refractivity contribution in [1.29, 1.82) is 0 Å². The predicted octanol–water partition coefficient (Wildman–Crippen LogP) is 3.20. The second-order valence-electron chi connectivity index (χ2n) is 5.27. The molecule has 0 fully saturated rings. The van der Waals surface area contributed by atoms with Gasteiger partial charge in [-0.25, -0.2) is 8.42 Å². The van der Waals surface area contributed by atoms with Crippen molar-refractivity contribution < 1.29 is 8.42 Å². The molecule has 6 heteroatoms. The Morgan fingerprint density at radius 1 is 1.00 bits per heavy atom. The highest BCUT2D eigenvalue weighted by atomic mass is 32.2. The second-order valence-corrected chi connectivity index (χ2v) is 6.92. The van der Waals surface area contributed by atoms with Crippen molar-refractivity contribution in [2.24, 2.45) is 7.05 Å².